The minimum absolute atomic E-state index is 0.0980. The molecule has 4 rings (SSSR count). The van der Waals surface area contributed by atoms with E-state index in [1.165, 1.54) is 11.9 Å². The minimum atomic E-state index is -2.93. The fourth-order valence-electron chi connectivity index (χ4n) is 3.35. The molecule has 1 unspecified atom stereocenters. The lowest BCUT2D eigenvalue weighted by molar-refractivity contribution is 0.228. The number of anilines is 1. The highest BCUT2D eigenvalue weighted by molar-refractivity contribution is 8.26. The van der Waals surface area contributed by atoms with Crippen LogP contribution in [0, 0.1) is 10.8 Å². The van der Waals surface area contributed by atoms with E-state index in [9.17, 15) is 13.2 Å². The summed E-state index contributed by atoms with van der Waals surface area (Å²) < 4.78 is 44.0. The van der Waals surface area contributed by atoms with Crippen LogP contribution in [0.3, 0.4) is 0 Å². The zero-order chi connectivity index (χ0) is 22.2. The van der Waals surface area contributed by atoms with Gasteiger partial charge >= 0.3 is 0 Å². The summed E-state index contributed by atoms with van der Waals surface area (Å²) in [7, 11) is 0. The number of nitrogens with one attached hydrogen (secondary N) is 4. The first kappa shape index (κ1) is 22.4. The molecule has 0 amide bonds. The Kier molecular flexibility index (Phi) is 6.52. The average molecular weight is 472 g/mol. The van der Waals surface area contributed by atoms with Crippen LogP contribution in [0.5, 0.6) is 0 Å². The van der Waals surface area contributed by atoms with Gasteiger partial charge in [-0.2, -0.15) is 0 Å². The SMILES string of the molecule is CC1(NSc2cc(N3CCNC(CF)C3)c3cnc(C(=N)SC(=N)C(F)F)n3c2)CC1. The molecule has 2 aliphatic rings. The fraction of sp³-hybridized carbons (Fsp3) is 0.526. The molecule has 1 aliphatic heterocycles. The Morgan fingerprint density at radius 2 is 2.19 bits per heavy atom. The van der Waals surface area contributed by atoms with Crippen molar-refractivity contribution in [2.24, 2.45) is 0 Å². The summed E-state index contributed by atoms with van der Waals surface area (Å²) in [5, 5.41) is 17.7. The molecule has 0 radical (unpaired) electrons. The Balaban J connectivity index is 1.70. The molecule has 31 heavy (non-hydrogen) atoms. The minimum Gasteiger partial charge on any atom is -0.367 e. The molecular weight excluding hydrogens is 447 g/mol. The van der Waals surface area contributed by atoms with Crippen molar-refractivity contribution in [3.8, 4) is 0 Å². The lowest BCUT2D eigenvalue weighted by Crippen LogP contribution is -2.51. The van der Waals surface area contributed by atoms with Gasteiger partial charge in [0.1, 0.15) is 16.8 Å². The molecule has 4 N–H and O–H groups in total. The quantitative estimate of drug-likeness (QED) is 0.281. The van der Waals surface area contributed by atoms with Gasteiger partial charge in [0.25, 0.3) is 6.43 Å². The number of aromatic nitrogens is 2. The summed E-state index contributed by atoms with van der Waals surface area (Å²) in [6, 6.07) is 1.75. The van der Waals surface area contributed by atoms with Crippen LogP contribution in [0.15, 0.2) is 23.4 Å². The predicted octanol–water partition coefficient (Wildman–Crippen LogP) is 3.53. The first-order valence-corrected chi connectivity index (χ1v) is 11.6. The molecule has 168 valence electrons. The highest BCUT2D eigenvalue weighted by Gasteiger charge is 2.37. The van der Waals surface area contributed by atoms with Gasteiger partial charge < -0.3 is 10.2 Å². The molecule has 0 bridgehead atoms. The maximum atomic E-state index is 13.3. The Morgan fingerprint density at radius 1 is 1.42 bits per heavy atom. The molecule has 1 saturated carbocycles. The number of imidazole rings is 1. The molecule has 7 nitrogen and oxygen atoms in total. The summed E-state index contributed by atoms with van der Waals surface area (Å²) >= 11 is 1.87. The van der Waals surface area contributed by atoms with Crippen molar-refractivity contribution >= 4 is 45.0 Å². The standard InChI is InChI=1S/C19H24F3N7S2/c1-19(2-3-19)27-31-12-6-13(28-5-4-25-11(7-20)9-28)14-8-26-18(29(14)10-12)17(24)30-16(23)15(21)22/h6,8,10-11,15,23-25,27H,2-5,7,9H2,1H3. The normalized spacial score (nSPS) is 20.4. The van der Waals surface area contributed by atoms with Crippen molar-refractivity contribution in [3.63, 3.8) is 0 Å². The van der Waals surface area contributed by atoms with Gasteiger partial charge in [0.05, 0.1) is 23.4 Å². The van der Waals surface area contributed by atoms with Gasteiger partial charge in [0, 0.05) is 36.3 Å². The van der Waals surface area contributed by atoms with Crippen molar-refractivity contribution < 1.29 is 13.2 Å². The van der Waals surface area contributed by atoms with E-state index in [2.05, 4.69) is 26.8 Å². The smallest absolute Gasteiger partial charge is 0.285 e. The van der Waals surface area contributed by atoms with E-state index in [1.54, 1.807) is 10.6 Å². The lowest BCUT2D eigenvalue weighted by Gasteiger charge is -2.34. The van der Waals surface area contributed by atoms with Crippen LogP contribution in [0.2, 0.25) is 0 Å². The van der Waals surface area contributed by atoms with Crippen molar-refractivity contribution in [2.75, 3.05) is 31.2 Å². The van der Waals surface area contributed by atoms with Gasteiger partial charge in [0.2, 0.25) is 0 Å². The Hall–Kier alpha value is -1.76. The number of rotatable bonds is 7. The molecule has 0 spiro atoms. The third-order valence-corrected chi connectivity index (χ3v) is 7.24. The van der Waals surface area contributed by atoms with Crippen LogP contribution in [0.4, 0.5) is 18.9 Å². The zero-order valence-electron chi connectivity index (χ0n) is 16.9. The van der Waals surface area contributed by atoms with Crippen molar-refractivity contribution in [1.82, 2.24) is 19.4 Å². The Bertz CT molecular complexity index is 992. The highest BCUT2D eigenvalue weighted by atomic mass is 32.2. The largest absolute Gasteiger partial charge is 0.367 e. The van der Waals surface area contributed by atoms with Crippen molar-refractivity contribution in [1.29, 1.82) is 10.8 Å². The first-order valence-electron chi connectivity index (χ1n) is 9.92. The molecular formula is C19H24F3N7S2. The van der Waals surface area contributed by atoms with Crippen molar-refractivity contribution in [2.45, 2.75) is 42.7 Å². The van der Waals surface area contributed by atoms with Gasteiger partial charge in [0.15, 0.2) is 5.82 Å². The van der Waals surface area contributed by atoms with E-state index < -0.39 is 18.1 Å². The molecule has 0 aromatic carbocycles. The lowest BCUT2D eigenvalue weighted by atomic mass is 10.2. The first-order chi connectivity index (χ1) is 14.8. The summed E-state index contributed by atoms with van der Waals surface area (Å²) in [4.78, 5) is 7.26. The van der Waals surface area contributed by atoms with E-state index in [4.69, 9.17) is 10.8 Å². The monoisotopic (exact) mass is 471 g/mol. The molecule has 1 saturated heterocycles. The van der Waals surface area contributed by atoms with Crippen LogP contribution in [0.1, 0.15) is 25.6 Å². The van der Waals surface area contributed by atoms with Crippen LogP contribution >= 0.6 is 23.7 Å². The second kappa shape index (κ2) is 9.00. The molecule has 2 fully saturated rings. The molecule has 2 aromatic heterocycles. The van der Waals surface area contributed by atoms with Gasteiger partial charge in [-0.1, -0.05) is 0 Å². The summed E-state index contributed by atoms with van der Waals surface area (Å²) in [5.74, 6) is 0.198. The molecule has 3 heterocycles. The van der Waals surface area contributed by atoms with Crippen LogP contribution in [0.25, 0.3) is 5.52 Å². The summed E-state index contributed by atoms with van der Waals surface area (Å²) in [6.07, 6.45) is 2.68. The second-order valence-corrected chi connectivity index (χ2v) is 9.94. The van der Waals surface area contributed by atoms with E-state index in [-0.39, 0.29) is 22.4 Å². The molecule has 2 aromatic rings. The van der Waals surface area contributed by atoms with Gasteiger partial charge in [-0.05, 0) is 49.5 Å². The van der Waals surface area contributed by atoms with E-state index in [0.717, 1.165) is 23.4 Å². The number of pyridine rings is 1. The average Bonchev–Trinajstić information content (AvgIpc) is 3.34. The maximum absolute atomic E-state index is 13.3. The molecule has 1 atom stereocenters. The van der Waals surface area contributed by atoms with Crippen LogP contribution < -0.4 is 14.9 Å². The fourth-order valence-corrected chi connectivity index (χ4v) is 4.80. The number of hydrogen-bond donors (Lipinski definition) is 4. The van der Waals surface area contributed by atoms with Gasteiger partial charge in [-0.25, -0.2) is 18.2 Å². The predicted molar refractivity (Wildman–Crippen MR) is 120 cm³/mol. The topological polar surface area (TPSA) is 92.3 Å². The third-order valence-electron chi connectivity index (χ3n) is 5.41. The number of alkyl halides is 3. The van der Waals surface area contributed by atoms with Gasteiger partial charge in [-0.15, -0.1) is 0 Å². The number of piperazine rings is 1. The third kappa shape index (κ3) is 5.02. The second-order valence-electron chi connectivity index (χ2n) is 8.01. The molecule has 1 aliphatic carbocycles. The highest BCUT2D eigenvalue weighted by Crippen LogP contribution is 2.38. The summed E-state index contributed by atoms with van der Waals surface area (Å²) in [6.45, 7) is 3.50. The van der Waals surface area contributed by atoms with E-state index in [1.807, 2.05) is 12.3 Å². The number of hydrogen-bond acceptors (Lipinski definition) is 8. The number of halogens is 3. The number of fused-ring (bicyclic) bond motifs is 1. The summed E-state index contributed by atoms with van der Waals surface area (Å²) in [5.41, 5.74) is 1.67. The van der Waals surface area contributed by atoms with Crippen LogP contribution in [-0.2, 0) is 0 Å². The number of nitrogens with zero attached hydrogens (tertiary/aromatic N) is 3. The van der Waals surface area contributed by atoms with E-state index >= 15 is 0 Å². The Morgan fingerprint density at radius 3 is 2.87 bits per heavy atom. The van der Waals surface area contributed by atoms with Gasteiger partial charge in [-0.3, -0.25) is 19.9 Å². The number of thioether (sulfide) groups is 1. The molecule has 12 heteroatoms. The Labute approximate surface area is 186 Å². The van der Waals surface area contributed by atoms with Crippen molar-refractivity contribution in [3.05, 3.63) is 24.3 Å². The van der Waals surface area contributed by atoms with Crippen LogP contribution in [-0.4, -0.2) is 63.8 Å². The van der Waals surface area contributed by atoms with E-state index in [0.29, 0.717) is 36.9 Å². The zero-order valence-corrected chi connectivity index (χ0v) is 18.6. The maximum Gasteiger partial charge on any atom is 0.285 e.